The molecule has 1 N–H and O–H groups in total. The Bertz CT molecular complexity index is 932. The van der Waals surface area contributed by atoms with E-state index in [-0.39, 0.29) is 5.91 Å². The highest BCUT2D eigenvalue weighted by Gasteiger charge is 2.24. The van der Waals surface area contributed by atoms with Gasteiger partial charge in [0.05, 0.1) is 10.9 Å². The second-order valence-corrected chi connectivity index (χ2v) is 8.18. The molecule has 0 saturated carbocycles. The number of anilines is 2. The second kappa shape index (κ2) is 6.72. The van der Waals surface area contributed by atoms with Gasteiger partial charge in [0.15, 0.2) is 0 Å². The van der Waals surface area contributed by atoms with E-state index in [0.717, 1.165) is 57.0 Å². The van der Waals surface area contributed by atoms with E-state index in [1.165, 1.54) is 0 Å². The molecular formula is C18H17BrN4OS. The molecule has 5 nitrogen and oxygen atoms in total. The predicted molar refractivity (Wildman–Crippen MR) is 106 cm³/mol. The first kappa shape index (κ1) is 16.5. The molecular weight excluding hydrogens is 400 g/mol. The van der Waals surface area contributed by atoms with Crippen LogP contribution in [0.15, 0.2) is 35.1 Å². The summed E-state index contributed by atoms with van der Waals surface area (Å²) in [7, 11) is 0. The van der Waals surface area contributed by atoms with Crippen molar-refractivity contribution in [2.24, 2.45) is 0 Å². The number of carbonyl (C=O) groups excluding carboxylic acids is 1. The van der Waals surface area contributed by atoms with Crippen molar-refractivity contribution < 1.29 is 4.79 Å². The summed E-state index contributed by atoms with van der Waals surface area (Å²) in [5.74, 6) is 0.772. The Morgan fingerprint density at radius 3 is 2.64 bits per heavy atom. The Hall–Kier alpha value is -1.99. The van der Waals surface area contributed by atoms with Crippen LogP contribution in [0.5, 0.6) is 0 Å². The summed E-state index contributed by atoms with van der Waals surface area (Å²) < 4.78 is 0.979. The van der Waals surface area contributed by atoms with Crippen molar-refractivity contribution in [1.29, 1.82) is 0 Å². The molecule has 3 heterocycles. The first-order chi connectivity index (χ1) is 12.1. The van der Waals surface area contributed by atoms with Gasteiger partial charge in [-0.1, -0.05) is 15.9 Å². The number of hydrogen-bond donors (Lipinski definition) is 1. The van der Waals surface area contributed by atoms with Gasteiger partial charge < -0.3 is 10.2 Å². The van der Waals surface area contributed by atoms with Crippen LogP contribution in [0.2, 0.25) is 0 Å². The lowest BCUT2D eigenvalue weighted by Gasteiger charge is -2.17. The molecule has 1 aliphatic rings. The molecule has 1 aromatic carbocycles. The first-order valence-corrected chi connectivity index (χ1v) is 9.80. The van der Waals surface area contributed by atoms with Gasteiger partial charge in [0.2, 0.25) is 0 Å². The molecule has 0 bridgehead atoms. The number of nitrogens with one attached hydrogen (secondary N) is 1. The Morgan fingerprint density at radius 2 is 1.92 bits per heavy atom. The minimum atomic E-state index is -0.110. The van der Waals surface area contributed by atoms with Crippen molar-refractivity contribution in [2.45, 2.75) is 19.8 Å². The third-order valence-corrected chi connectivity index (χ3v) is 5.92. The van der Waals surface area contributed by atoms with E-state index in [4.69, 9.17) is 0 Å². The number of benzene rings is 1. The van der Waals surface area contributed by atoms with Crippen molar-refractivity contribution >= 4 is 54.9 Å². The summed E-state index contributed by atoms with van der Waals surface area (Å²) >= 11 is 4.96. The van der Waals surface area contributed by atoms with Crippen LogP contribution in [-0.4, -0.2) is 29.0 Å². The van der Waals surface area contributed by atoms with Crippen molar-refractivity contribution in [3.8, 4) is 0 Å². The average Bonchev–Trinajstić information content (AvgIpc) is 3.23. The maximum atomic E-state index is 13.0. The number of aryl methyl sites for hydroxylation is 1. The maximum Gasteiger partial charge on any atom is 0.257 e. The average molecular weight is 417 g/mol. The molecule has 1 aliphatic heterocycles. The minimum absolute atomic E-state index is 0.110. The summed E-state index contributed by atoms with van der Waals surface area (Å²) in [6, 6.07) is 7.58. The topological polar surface area (TPSA) is 58.1 Å². The Morgan fingerprint density at radius 1 is 1.20 bits per heavy atom. The van der Waals surface area contributed by atoms with Gasteiger partial charge in [-0.3, -0.25) is 4.79 Å². The lowest BCUT2D eigenvalue weighted by molar-refractivity contribution is 0.102. The van der Waals surface area contributed by atoms with Gasteiger partial charge in [-0.15, -0.1) is 11.3 Å². The number of hydrogen-bond acceptors (Lipinski definition) is 5. The molecule has 2 aromatic heterocycles. The molecule has 128 valence electrons. The molecule has 0 aliphatic carbocycles. The van der Waals surface area contributed by atoms with Gasteiger partial charge in [0, 0.05) is 28.1 Å². The van der Waals surface area contributed by atoms with Crippen LogP contribution >= 0.6 is 27.3 Å². The van der Waals surface area contributed by atoms with Crippen LogP contribution < -0.4 is 10.2 Å². The lowest BCUT2D eigenvalue weighted by atomic mass is 10.1. The number of halogens is 1. The maximum absolute atomic E-state index is 13.0. The lowest BCUT2D eigenvalue weighted by Crippen LogP contribution is -2.20. The fourth-order valence-corrected chi connectivity index (χ4v) is 4.44. The quantitative estimate of drug-likeness (QED) is 0.676. The zero-order chi connectivity index (χ0) is 17.4. The zero-order valence-electron chi connectivity index (χ0n) is 13.8. The molecule has 3 aromatic rings. The third-order valence-electron chi connectivity index (χ3n) is 4.38. The number of fused-ring (bicyclic) bond motifs is 1. The van der Waals surface area contributed by atoms with Crippen LogP contribution in [0, 0.1) is 6.92 Å². The summed E-state index contributed by atoms with van der Waals surface area (Å²) in [6.07, 6.45) is 3.92. The highest BCUT2D eigenvalue weighted by molar-refractivity contribution is 9.10. The molecule has 0 radical (unpaired) electrons. The van der Waals surface area contributed by atoms with E-state index < -0.39 is 0 Å². The van der Waals surface area contributed by atoms with E-state index >= 15 is 0 Å². The van der Waals surface area contributed by atoms with Gasteiger partial charge in [0.1, 0.15) is 17.0 Å². The number of carbonyl (C=O) groups is 1. The van der Waals surface area contributed by atoms with Crippen LogP contribution in [0.4, 0.5) is 11.5 Å². The standard InChI is InChI=1S/C18H17BrN4OS/c1-11-14(17(24)22-13-6-4-12(19)5-7-13)15-16(23-8-2-3-9-23)20-10-21-18(15)25-11/h4-7,10H,2-3,8-9H2,1H3,(H,22,24). The molecule has 4 rings (SSSR count). The molecule has 0 spiro atoms. The number of amides is 1. The van der Waals surface area contributed by atoms with E-state index in [9.17, 15) is 4.79 Å². The molecule has 0 unspecified atom stereocenters. The van der Waals surface area contributed by atoms with Crippen molar-refractivity contribution in [1.82, 2.24) is 9.97 Å². The Balaban J connectivity index is 1.76. The summed E-state index contributed by atoms with van der Waals surface area (Å²) in [5.41, 5.74) is 1.46. The van der Waals surface area contributed by atoms with Crippen LogP contribution in [-0.2, 0) is 0 Å². The van der Waals surface area contributed by atoms with Crippen LogP contribution in [0.3, 0.4) is 0 Å². The van der Waals surface area contributed by atoms with Gasteiger partial charge in [-0.05, 0) is 44.0 Å². The number of thiophene rings is 1. The summed E-state index contributed by atoms with van der Waals surface area (Å²) in [6.45, 7) is 3.93. The zero-order valence-corrected chi connectivity index (χ0v) is 16.2. The van der Waals surface area contributed by atoms with Gasteiger partial charge >= 0.3 is 0 Å². The molecule has 1 saturated heterocycles. The first-order valence-electron chi connectivity index (χ1n) is 8.19. The predicted octanol–water partition coefficient (Wildman–Crippen LogP) is 4.61. The van der Waals surface area contributed by atoms with Gasteiger partial charge in [0.25, 0.3) is 5.91 Å². The Labute approximate surface area is 158 Å². The van der Waals surface area contributed by atoms with Crippen molar-refractivity contribution in [3.63, 3.8) is 0 Å². The van der Waals surface area contributed by atoms with Crippen molar-refractivity contribution in [3.05, 3.63) is 45.5 Å². The fourth-order valence-electron chi connectivity index (χ4n) is 3.20. The van der Waals surface area contributed by atoms with E-state index in [0.29, 0.717) is 5.56 Å². The minimum Gasteiger partial charge on any atom is -0.356 e. The van der Waals surface area contributed by atoms with Crippen molar-refractivity contribution in [2.75, 3.05) is 23.3 Å². The number of aromatic nitrogens is 2. The number of rotatable bonds is 3. The smallest absolute Gasteiger partial charge is 0.257 e. The van der Waals surface area contributed by atoms with E-state index in [2.05, 4.69) is 36.1 Å². The number of nitrogens with zero attached hydrogens (tertiary/aromatic N) is 3. The SMILES string of the molecule is Cc1sc2ncnc(N3CCCC3)c2c1C(=O)Nc1ccc(Br)cc1. The molecule has 7 heteroatoms. The van der Waals surface area contributed by atoms with E-state index in [1.807, 2.05) is 31.2 Å². The molecule has 25 heavy (non-hydrogen) atoms. The fraction of sp³-hybridized carbons (Fsp3) is 0.278. The molecule has 0 atom stereocenters. The normalized spacial score (nSPS) is 14.2. The summed E-state index contributed by atoms with van der Waals surface area (Å²) in [4.78, 5) is 26.0. The second-order valence-electron chi connectivity index (χ2n) is 6.07. The molecule has 1 amide bonds. The summed E-state index contributed by atoms with van der Waals surface area (Å²) in [5, 5.41) is 3.87. The Kier molecular flexibility index (Phi) is 4.43. The highest BCUT2D eigenvalue weighted by Crippen LogP contribution is 2.36. The highest BCUT2D eigenvalue weighted by atomic mass is 79.9. The molecule has 1 fully saturated rings. The van der Waals surface area contributed by atoms with Gasteiger partial charge in [-0.25, -0.2) is 9.97 Å². The van der Waals surface area contributed by atoms with Gasteiger partial charge in [-0.2, -0.15) is 0 Å². The van der Waals surface area contributed by atoms with E-state index in [1.54, 1.807) is 17.7 Å². The van der Waals surface area contributed by atoms with Crippen LogP contribution in [0.25, 0.3) is 10.2 Å². The monoisotopic (exact) mass is 416 g/mol. The largest absolute Gasteiger partial charge is 0.356 e. The third kappa shape index (κ3) is 3.14. The van der Waals surface area contributed by atoms with Crippen LogP contribution in [0.1, 0.15) is 28.1 Å².